The molecule has 3 atom stereocenters. The Balaban J connectivity index is 5.13. The molecule has 0 aliphatic rings. The van der Waals surface area contributed by atoms with Crippen molar-refractivity contribution in [3.8, 4) is 12.1 Å². The molecule has 0 saturated carbocycles. The number of hydrogen-bond donors (Lipinski definition) is 2. The first-order valence-electron chi connectivity index (χ1n) is 4.87. The third-order valence-corrected chi connectivity index (χ3v) is 2.37. The molecule has 6 nitrogen and oxygen atoms in total. The van der Waals surface area contributed by atoms with Crippen molar-refractivity contribution < 1.29 is 9.59 Å². The average molecular weight is 222 g/mol. The molecule has 6 heteroatoms. The Morgan fingerprint density at radius 2 is 1.50 bits per heavy atom. The second-order valence-corrected chi connectivity index (χ2v) is 3.47. The summed E-state index contributed by atoms with van der Waals surface area (Å²) in [5.41, 5.74) is 10.1. The van der Waals surface area contributed by atoms with Gasteiger partial charge < -0.3 is 11.5 Å². The SMILES string of the molecule is CCCC([C@H](C#N)C(N)=O)[C@@H](C#N)C(N)=O. The molecule has 16 heavy (non-hydrogen) atoms. The molecule has 0 radical (unpaired) electrons. The van der Waals surface area contributed by atoms with Crippen LogP contribution in [0.3, 0.4) is 0 Å². The molecular weight excluding hydrogens is 208 g/mol. The van der Waals surface area contributed by atoms with Crippen molar-refractivity contribution in [1.29, 1.82) is 10.5 Å². The van der Waals surface area contributed by atoms with Crippen LogP contribution in [0.5, 0.6) is 0 Å². The Kier molecular flexibility index (Phi) is 5.58. The highest BCUT2D eigenvalue weighted by Gasteiger charge is 2.35. The van der Waals surface area contributed by atoms with Crippen LogP contribution in [0.1, 0.15) is 19.8 Å². The van der Waals surface area contributed by atoms with Crippen molar-refractivity contribution in [3.05, 3.63) is 0 Å². The van der Waals surface area contributed by atoms with Gasteiger partial charge in [0, 0.05) is 5.92 Å². The van der Waals surface area contributed by atoms with E-state index in [0.29, 0.717) is 12.8 Å². The Bertz CT molecular complexity index is 321. The van der Waals surface area contributed by atoms with Crippen LogP contribution in [-0.4, -0.2) is 11.8 Å². The van der Waals surface area contributed by atoms with Crippen LogP contribution in [-0.2, 0) is 9.59 Å². The Morgan fingerprint density at radius 3 is 1.69 bits per heavy atom. The Hall–Kier alpha value is -2.08. The van der Waals surface area contributed by atoms with Gasteiger partial charge in [0.2, 0.25) is 11.8 Å². The quantitative estimate of drug-likeness (QED) is 0.635. The minimum Gasteiger partial charge on any atom is -0.369 e. The van der Waals surface area contributed by atoms with E-state index >= 15 is 0 Å². The molecule has 0 aliphatic carbocycles. The Labute approximate surface area is 93.8 Å². The smallest absolute Gasteiger partial charge is 0.235 e. The van der Waals surface area contributed by atoms with E-state index in [1.54, 1.807) is 12.1 Å². The summed E-state index contributed by atoms with van der Waals surface area (Å²) >= 11 is 0. The topological polar surface area (TPSA) is 134 Å². The molecule has 0 spiro atoms. The molecule has 2 amide bonds. The van der Waals surface area contributed by atoms with Crippen LogP contribution in [0, 0.1) is 40.4 Å². The number of nitrogens with two attached hydrogens (primary N) is 2. The summed E-state index contributed by atoms with van der Waals surface area (Å²) in [6.45, 7) is 1.82. The zero-order valence-corrected chi connectivity index (χ0v) is 9.01. The maximum atomic E-state index is 11.0. The number of nitrogens with zero attached hydrogens (tertiary/aromatic N) is 2. The summed E-state index contributed by atoms with van der Waals surface area (Å²) in [7, 11) is 0. The summed E-state index contributed by atoms with van der Waals surface area (Å²) in [5.74, 6) is -4.70. The molecule has 86 valence electrons. The fourth-order valence-corrected chi connectivity index (χ4v) is 1.60. The Morgan fingerprint density at radius 1 is 1.12 bits per heavy atom. The second kappa shape index (κ2) is 6.41. The zero-order valence-electron chi connectivity index (χ0n) is 9.01. The standard InChI is InChI=1S/C10H14N4O2/c1-2-3-6(7(4-11)9(13)15)8(5-12)10(14)16/h6-8H,2-3H2,1H3,(H2,13,15)(H2,14,16)/t6?,7-,8+. The highest BCUT2D eigenvalue weighted by Crippen LogP contribution is 2.25. The molecule has 0 heterocycles. The van der Waals surface area contributed by atoms with E-state index in [1.165, 1.54) is 0 Å². The molecule has 1 unspecified atom stereocenters. The predicted molar refractivity (Wildman–Crippen MR) is 55.0 cm³/mol. The number of carbonyl (C=O) groups is 2. The van der Waals surface area contributed by atoms with Gasteiger partial charge in [-0.25, -0.2) is 0 Å². The summed E-state index contributed by atoms with van der Waals surface area (Å²) in [6.07, 6.45) is 1.00. The van der Waals surface area contributed by atoms with Gasteiger partial charge >= 0.3 is 0 Å². The number of rotatable bonds is 6. The van der Waals surface area contributed by atoms with Gasteiger partial charge in [-0.05, 0) is 6.42 Å². The van der Waals surface area contributed by atoms with Crippen LogP contribution in [0.4, 0.5) is 0 Å². The van der Waals surface area contributed by atoms with Gasteiger partial charge in [0.25, 0.3) is 0 Å². The second-order valence-electron chi connectivity index (χ2n) is 3.47. The minimum atomic E-state index is -1.16. The lowest BCUT2D eigenvalue weighted by Gasteiger charge is -2.21. The van der Waals surface area contributed by atoms with Crippen LogP contribution >= 0.6 is 0 Å². The summed E-state index contributed by atoms with van der Waals surface area (Å²) in [4.78, 5) is 22.1. The van der Waals surface area contributed by atoms with Crippen LogP contribution < -0.4 is 11.5 Å². The number of primary amides is 2. The molecule has 0 aromatic carbocycles. The highest BCUT2D eigenvalue weighted by atomic mass is 16.1. The van der Waals surface area contributed by atoms with Crippen molar-refractivity contribution in [3.63, 3.8) is 0 Å². The fraction of sp³-hybridized carbons (Fsp3) is 0.600. The third-order valence-electron chi connectivity index (χ3n) is 2.37. The van der Waals surface area contributed by atoms with E-state index in [2.05, 4.69) is 0 Å². The van der Waals surface area contributed by atoms with Gasteiger partial charge in [0.1, 0.15) is 11.8 Å². The number of hydrogen-bond acceptors (Lipinski definition) is 4. The van der Waals surface area contributed by atoms with Gasteiger partial charge in [0.15, 0.2) is 0 Å². The summed E-state index contributed by atoms with van der Waals surface area (Å²) in [6, 6.07) is 3.45. The number of carbonyl (C=O) groups excluding carboxylic acids is 2. The predicted octanol–water partition coefficient (Wildman–Crippen LogP) is -0.347. The number of nitriles is 2. The maximum absolute atomic E-state index is 11.0. The summed E-state index contributed by atoms with van der Waals surface area (Å²) in [5, 5.41) is 17.6. The molecule has 0 bridgehead atoms. The molecule has 0 aromatic rings. The zero-order chi connectivity index (χ0) is 12.7. The first-order valence-corrected chi connectivity index (χ1v) is 4.87. The van der Waals surface area contributed by atoms with Crippen molar-refractivity contribution >= 4 is 11.8 Å². The molecular formula is C10H14N4O2. The van der Waals surface area contributed by atoms with Gasteiger partial charge in [-0.15, -0.1) is 0 Å². The summed E-state index contributed by atoms with van der Waals surface area (Å²) < 4.78 is 0. The van der Waals surface area contributed by atoms with E-state index in [-0.39, 0.29) is 0 Å². The highest BCUT2D eigenvalue weighted by molar-refractivity contribution is 5.83. The first-order chi connectivity index (χ1) is 7.49. The molecule has 0 aliphatic heterocycles. The largest absolute Gasteiger partial charge is 0.369 e. The lowest BCUT2D eigenvalue weighted by Crippen LogP contribution is -2.38. The lowest BCUT2D eigenvalue weighted by molar-refractivity contribution is -0.125. The average Bonchev–Trinajstić information content (AvgIpc) is 2.18. The van der Waals surface area contributed by atoms with E-state index in [4.69, 9.17) is 22.0 Å². The van der Waals surface area contributed by atoms with Gasteiger partial charge in [-0.2, -0.15) is 10.5 Å². The van der Waals surface area contributed by atoms with Crippen LogP contribution in [0.2, 0.25) is 0 Å². The van der Waals surface area contributed by atoms with Gasteiger partial charge in [0.05, 0.1) is 12.1 Å². The normalized spacial score (nSPS) is 15.2. The van der Waals surface area contributed by atoms with Gasteiger partial charge in [-0.1, -0.05) is 13.3 Å². The molecule has 0 aromatic heterocycles. The maximum Gasteiger partial charge on any atom is 0.235 e. The van der Waals surface area contributed by atoms with E-state index in [9.17, 15) is 9.59 Å². The fourth-order valence-electron chi connectivity index (χ4n) is 1.60. The molecule has 0 fully saturated rings. The van der Waals surface area contributed by atoms with Crippen molar-refractivity contribution in [2.24, 2.45) is 29.2 Å². The van der Waals surface area contributed by atoms with Crippen LogP contribution in [0.25, 0.3) is 0 Å². The first kappa shape index (κ1) is 13.9. The van der Waals surface area contributed by atoms with Gasteiger partial charge in [-0.3, -0.25) is 9.59 Å². The van der Waals surface area contributed by atoms with Crippen molar-refractivity contribution in [2.75, 3.05) is 0 Å². The van der Waals surface area contributed by atoms with Crippen LogP contribution in [0.15, 0.2) is 0 Å². The molecule has 4 N–H and O–H groups in total. The lowest BCUT2D eigenvalue weighted by atomic mass is 9.79. The van der Waals surface area contributed by atoms with E-state index in [1.807, 2.05) is 6.92 Å². The van der Waals surface area contributed by atoms with Crippen molar-refractivity contribution in [1.82, 2.24) is 0 Å². The van der Waals surface area contributed by atoms with E-state index < -0.39 is 29.6 Å². The third kappa shape index (κ3) is 3.25. The molecule has 0 saturated heterocycles. The molecule has 0 rings (SSSR count). The van der Waals surface area contributed by atoms with Crippen molar-refractivity contribution in [2.45, 2.75) is 19.8 Å². The van der Waals surface area contributed by atoms with E-state index in [0.717, 1.165) is 0 Å². The minimum absolute atomic E-state index is 0.377. The number of amides is 2. The monoisotopic (exact) mass is 222 g/mol.